The van der Waals surface area contributed by atoms with E-state index in [-0.39, 0.29) is 29.8 Å². The first-order chi connectivity index (χ1) is 62.0. The second kappa shape index (κ2) is 54.5. The molecule has 0 saturated carbocycles. The number of benzene rings is 10. The molecule has 5 aromatic heterocycles. The first kappa shape index (κ1) is 103. The van der Waals surface area contributed by atoms with Gasteiger partial charge in [-0.25, -0.2) is 24.0 Å². The number of carbonyl (C=O) groups excluding carboxylic acids is 5. The number of nitrogens with zero attached hydrogens (tertiary/aromatic N) is 13. The Morgan fingerprint density at radius 1 is 0.349 bits per heavy atom. The lowest BCUT2D eigenvalue weighted by atomic mass is 10.1. The maximum Gasteiger partial charge on any atom is 0.337 e. The van der Waals surface area contributed by atoms with Crippen molar-refractivity contribution < 1.29 is 91.0 Å². The van der Waals surface area contributed by atoms with Gasteiger partial charge in [-0.05, 0) is 98.0 Å². The number of halogens is 1. The number of hydrogen-bond donors (Lipinski definition) is 2. The highest BCUT2D eigenvalue weighted by molar-refractivity contribution is 9.08. The number of methoxy groups -OCH3 is 10. The molecule has 5 heterocycles. The van der Waals surface area contributed by atoms with E-state index < -0.39 is 19.7 Å². The van der Waals surface area contributed by atoms with Crippen molar-refractivity contribution in [2.24, 2.45) is 5.73 Å². The highest BCUT2D eigenvalue weighted by Gasteiger charge is 2.18. The lowest BCUT2D eigenvalue weighted by molar-refractivity contribution is -0.445. The fraction of sp³-hybridized carbons (Fsp3) is 0.222. The van der Waals surface area contributed by atoms with Gasteiger partial charge >= 0.3 is 29.8 Å². The van der Waals surface area contributed by atoms with Crippen LogP contribution < -0.4 is 29.4 Å². The van der Waals surface area contributed by atoms with Crippen LogP contribution in [0.1, 0.15) is 79.6 Å². The quantitative estimate of drug-likeness (QED) is 0.0250. The molecule has 0 unspecified atom stereocenters. The molecule has 3 N–H and O–H groups in total. The third kappa shape index (κ3) is 33.2. The monoisotopic (exact) mass is 1840 g/mol. The number of nitrogens with one attached hydrogen (secondary N) is 1. The minimum atomic E-state index is -0.500. The minimum absolute atomic E-state index is 0.357. The maximum atomic E-state index is 11.6. The average molecular weight is 1840 g/mol. The molecule has 15 rings (SSSR count). The molecule has 0 amide bonds. The fourth-order valence-corrected chi connectivity index (χ4v) is 12.1. The Morgan fingerprint density at radius 2 is 0.605 bits per heavy atom. The molecule has 0 bridgehead atoms. The van der Waals surface area contributed by atoms with Gasteiger partial charge in [-0.2, -0.15) is 25.5 Å². The van der Waals surface area contributed by atoms with E-state index in [1.807, 2.05) is 201 Å². The lowest BCUT2D eigenvalue weighted by Gasteiger charge is -2.11. The van der Waals surface area contributed by atoms with Crippen LogP contribution >= 0.6 is 15.9 Å². The molecule has 38 nitrogen and oxygen atoms in total. The van der Waals surface area contributed by atoms with Gasteiger partial charge < -0.3 is 53.1 Å². The molecule has 0 aliphatic carbocycles. The topological polar surface area (TPSA) is 476 Å². The van der Waals surface area contributed by atoms with Crippen LogP contribution in [0.5, 0.6) is 28.7 Å². The lowest BCUT2D eigenvalue weighted by Crippen LogP contribution is -2.06. The summed E-state index contributed by atoms with van der Waals surface area (Å²) in [5.74, 6) is 1.37. The molecule has 0 atom stereocenters. The Hall–Kier alpha value is -16.1. The number of rotatable bonds is 19. The summed E-state index contributed by atoms with van der Waals surface area (Å²) in [5.41, 5.74) is 16.8. The number of fused-ring (bicyclic) bond motifs is 5. The Morgan fingerprint density at radius 3 is 0.884 bits per heavy atom. The first-order valence-electron chi connectivity index (χ1n) is 38.3. The molecule has 0 saturated heterocycles. The number of carbonyl (C=O) groups is 5. The number of esters is 5. The smallest absolute Gasteiger partial charge is 0.337 e. The summed E-state index contributed by atoms with van der Waals surface area (Å²) in [6.07, 6.45) is 9.47. The van der Waals surface area contributed by atoms with Gasteiger partial charge in [-0.15, -0.1) is 0 Å². The molecule has 0 aliphatic heterocycles. The number of hydrogen-bond acceptors (Lipinski definition) is 29. The predicted molar refractivity (Wildman–Crippen MR) is 488 cm³/mol. The molecule has 15 aromatic rings. The van der Waals surface area contributed by atoms with E-state index in [1.165, 1.54) is 42.6 Å². The second-order valence-corrected chi connectivity index (χ2v) is 26.5. The van der Waals surface area contributed by atoms with Crippen LogP contribution in [0, 0.1) is 40.5 Å². The van der Waals surface area contributed by atoms with Crippen LogP contribution in [0.3, 0.4) is 0 Å². The number of aromatic nitrogens is 10. The van der Waals surface area contributed by atoms with Crippen molar-refractivity contribution in [2.45, 2.75) is 31.5 Å². The van der Waals surface area contributed by atoms with Crippen LogP contribution in [0.25, 0.3) is 54.5 Å². The number of ether oxygens (including phenoxy) is 10. The normalized spacial score (nSPS) is 9.84. The molecule has 129 heavy (non-hydrogen) atoms. The maximum absolute atomic E-state index is 11.6. The van der Waals surface area contributed by atoms with Crippen molar-refractivity contribution in [3.63, 3.8) is 0 Å². The minimum Gasteiger partial charge on any atom is -0.496 e. The van der Waals surface area contributed by atoms with Crippen molar-refractivity contribution in [3.8, 4) is 28.7 Å². The van der Waals surface area contributed by atoms with Crippen molar-refractivity contribution in [2.75, 3.05) is 106 Å². The fourth-order valence-electron chi connectivity index (χ4n) is 11.6. The van der Waals surface area contributed by atoms with Gasteiger partial charge in [-0.1, -0.05) is 137 Å². The molecule has 678 valence electrons. The summed E-state index contributed by atoms with van der Waals surface area (Å²) in [5, 5.41) is 66.1. The van der Waals surface area contributed by atoms with Crippen molar-refractivity contribution >= 4 is 100 Å². The predicted octanol–water partition coefficient (Wildman–Crippen LogP) is 14.6. The zero-order valence-corrected chi connectivity index (χ0v) is 74.9. The zero-order chi connectivity index (χ0) is 95.1. The van der Waals surface area contributed by atoms with Crippen LogP contribution in [0.4, 0.5) is 0 Å². The SMILES string of the molecule is CN.COC(=O)c1ccc(CBr)c(OC)c1.COC(=O)c1ccc(Cn2cc3ccccc3n2)c(OC)c1.COC(=O)c1ccc(Cn2cc3ccccc3n2)c(OC)c1.COC(=O)c1ccc(Cn2ncc3ccccc32)c(OC)c1.COC(=O)c1ccc(Cn2ncc3ccccc32)c(OC)c1.C[N+](=O)[O-].C[N+](=O)[O-].C[N+](=O)[O-].C[N+](=O)[O-].c1ccc2[nH]ncc2c1. The van der Waals surface area contributed by atoms with Crippen LogP contribution in [0.2, 0.25) is 0 Å². The molecule has 0 aliphatic rings. The third-order valence-electron chi connectivity index (χ3n) is 17.4. The van der Waals surface area contributed by atoms with Crippen LogP contribution in [-0.2, 0) is 55.2 Å². The Balaban J connectivity index is 0.000000267. The number of nitrogens with two attached hydrogens (primary N) is 1. The van der Waals surface area contributed by atoms with Gasteiger partial charge in [0.2, 0.25) is 0 Å². The zero-order valence-electron chi connectivity index (χ0n) is 73.3. The van der Waals surface area contributed by atoms with E-state index in [0.717, 1.165) is 111 Å². The van der Waals surface area contributed by atoms with Crippen LogP contribution in [0.15, 0.2) is 243 Å². The number of para-hydroxylation sites is 3. The Kier molecular flexibility index (Phi) is 43.8. The summed E-state index contributed by atoms with van der Waals surface area (Å²) < 4.78 is 57.7. The summed E-state index contributed by atoms with van der Waals surface area (Å²) in [4.78, 5) is 90.7. The Labute approximate surface area is 748 Å². The highest BCUT2D eigenvalue weighted by Crippen LogP contribution is 2.29. The van der Waals surface area contributed by atoms with E-state index in [9.17, 15) is 24.0 Å². The standard InChI is InChI=1S/4C17H16N2O3.C10H11BrO3.C7H6N2.4CH3NO2.CH5N/c2*1-21-16-9-12(17(20)22-2)7-8-14(16)11-19-10-13-5-3-4-6-15(13)18-19;2*1-21-16-9-12(17(20)22-2)7-8-14(16)11-19-15-6-4-3-5-13(15)10-18-19;1-13-9-5-7(10(12)14-2)3-4-8(9)6-11;1-2-4-7-6(3-1)5-8-9-7;4*1-2(3)4;1-2/h4*3-10H,11H2,1-2H3;3-5H,6H2,1-2H3;1-5H,(H,8,9);4*1H3;2H2,1H3. The first-order valence-corrected chi connectivity index (χ1v) is 39.4. The van der Waals surface area contributed by atoms with Crippen molar-refractivity contribution in [1.29, 1.82) is 0 Å². The molecule has 10 aromatic carbocycles. The number of alkyl halides is 1. The molecule has 39 heteroatoms. The van der Waals surface area contributed by atoms with Gasteiger partial charge in [0.05, 0.1) is 171 Å². The third-order valence-corrected chi connectivity index (χ3v) is 18.0. The molecular weight excluding hydrogens is 1740 g/mol. The highest BCUT2D eigenvalue weighted by atomic mass is 79.9. The summed E-state index contributed by atoms with van der Waals surface area (Å²) in [7, 11) is 19.8. The van der Waals surface area contributed by atoms with Crippen molar-refractivity contribution in [3.05, 3.63) is 339 Å². The van der Waals surface area contributed by atoms with E-state index in [0.29, 0.717) is 88.1 Å². The summed E-state index contributed by atoms with van der Waals surface area (Å²) in [6.45, 7) is 2.27. The Bertz CT molecular complexity index is 5730. The summed E-state index contributed by atoms with van der Waals surface area (Å²) in [6, 6.07) is 66.3. The molecule has 0 spiro atoms. The second-order valence-electron chi connectivity index (χ2n) is 25.9. The van der Waals surface area contributed by atoms with Crippen molar-refractivity contribution in [1.82, 2.24) is 49.3 Å². The molecular formula is C90H98BrN15O23. The van der Waals surface area contributed by atoms with Crippen LogP contribution in [-0.4, -0.2) is 205 Å². The van der Waals surface area contributed by atoms with Gasteiger partial charge in [0.25, 0.3) is 0 Å². The number of H-pyrrole nitrogens is 1. The summed E-state index contributed by atoms with van der Waals surface area (Å²) >= 11 is 3.33. The number of aromatic amines is 1. The van der Waals surface area contributed by atoms with Gasteiger partial charge in [0.1, 0.15) is 28.7 Å². The number of nitro groups is 4. The largest absolute Gasteiger partial charge is 0.496 e. The van der Waals surface area contributed by atoms with E-state index >= 15 is 0 Å². The molecule has 0 radical (unpaired) electrons. The van der Waals surface area contributed by atoms with Gasteiger partial charge in [0, 0.05) is 92.2 Å². The van der Waals surface area contributed by atoms with E-state index in [2.05, 4.69) is 57.0 Å². The van der Waals surface area contributed by atoms with Gasteiger partial charge in [0.15, 0.2) is 28.2 Å². The van der Waals surface area contributed by atoms with E-state index in [1.54, 1.807) is 96.2 Å². The van der Waals surface area contributed by atoms with E-state index in [4.69, 9.17) is 83.1 Å². The molecule has 0 fully saturated rings. The van der Waals surface area contributed by atoms with Gasteiger partial charge in [-0.3, -0.25) is 64.3 Å². The average Bonchev–Trinajstić information content (AvgIpc) is 1.74.